The van der Waals surface area contributed by atoms with Crippen molar-refractivity contribution >= 4 is 29.5 Å². The maximum Gasteiger partial charge on any atom is 0.490 e. The second-order valence-corrected chi connectivity index (χ2v) is 7.75. The highest BCUT2D eigenvalue weighted by atomic mass is 19.4. The number of nitrogens with one attached hydrogen (secondary N) is 2. The van der Waals surface area contributed by atoms with Crippen LogP contribution in [0, 0.1) is 12.3 Å². The van der Waals surface area contributed by atoms with Crippen LogP contribution in [-0.4, -0.2) is 52.3 Å². The number of hydrogen-bond donors (Lipinski definition) is 3. The number of anilines is 1. The van der Waals surface area contributed by atoms with E-state index in [4.69, 9.17) is 25.8 Å². The molecule has 0 radical (unpaired) electrons. The van der Waals surface area contributed by atoms with Crippen molar-refractivity contribution in [3.8, 4) is 23.8 Å². The summed E-state index contributed by atoms with van der Waals surface area (Å²) in [7, 11) is 3.37. The summed E-state index contributed by atoms with van der Waals surface area (Å²) in [5.74, 6) is -0.0224. The summed E-state index contributed by atoms with van der Waals surface area (Å²) in [6.07, 6.45) is 6.49. The molecule has 3 rings (SSSR count). The number of nitrogens with zero attached hydrogens (tertiary/aromatic N) is 2. The first-order valence-electron chi connectivity index (χ1n) is 11.3. The van der Waals surface area contributed by atoms with Crippen molar-refractivity contribution in [1.29, 1.82) is 0 Å². The van der Waals surface area contributed by atoms with Gasteiger partial charge in [-0.3, -0.25) is 9.59 Å². The molecule has 3 aromatic rings. The number of alkyl halides is 3. The number of methoxy groups -OCH3 is 1. The maximum atomic E-state index is 12.7. The minimum atomic E-state index is -5.08. The number of carboxylic acid groups (broad SMARTS) is 1. The van der Waals surface area contributed by atoms with Crippen LogP contribution < -0.4 is 20.1 Å². The number of imidazole rings is 1. The number of carboxylic acids is 1. The van der Waals surface area contributed by atoms with E-state index in [1.165, 1.54) is 13.2 Å². The van der Waals surface area contributed by atoms with E-state index in [1.54, 1.807) is 61.1 Å². The van der Waals surface area contributed by atoms with Gasteiger partial charge in [0, 0.05) is 19.3 Å². The standard InChI is InChI=1S/C25H24N4O4.C2HF3O2/c1-4-13-33-22-11-9-18(14-23(22)32-3)10-12-24(30)28-21-8-6-5-7-20(21)25(31)27-16-19-15-26-17-29(19)2;3-2(4,5)1(6)7/h1,5-12,14-15,17H,13,16H2,2-3H3,(H,27,31)(H,28,30);(H,6,7)/b12-10+;. The minimum Gasteiger partial charge on any atom is -0.493 e. The Morgan fingerprint density at radius 3 is 2.48 bits per heavy atom. The highest BCUT2D eigenvalue weighted by molar-refractivity contribution is 6.07. The van der Waals surface area contributed by atoms with E-state index in [9.17, 15) is 22.8 Å². The lowest BCUT2D eigenvalue weighted by Crippen LogP contribution is -2.25. The lowest BCUT2D eigenvalue weighted by molar-refractivity contribution is -0.192. The van der Waals surface area contributed by atoms with Gasteiger partial charge in [-0.1, -0.05) is 24.1 Å². The van der Waals surface area contributed by atoms with Crippen molar-refractivity contribution in [3.63, 3.8) is 0 Å². The molecule has 2 amide bonds. The Morgan fingerprint density at radius 2 is 1.88 bits per heavy atom. The molecule has 13 heteroatoms. The number of carbonyl (C=O) groups is 3. The molecule has 0 spiro atoms. The molecule has 40 heavy (non-hydrogen) atoms. The topological polar surface area (TPSA) is 132 Å². The van der Waals surface area contributed by atoms with Gasteiger partial charge in [-0.15, -0.1) is 6.42 Å². The van der Waals surface area contributed by atoms with Crippen LogP contribution >= 0.6 is 0 Å². The third kappa shape index (κ3) is 9.56. The first-order valence-corrected chi connectivity index (χ1v) is 11.3. The van der Waals surface area contributed by atoms with Gasteiger partial charge >= 0.3 is 12.1 Å². The smallest absolute Gasteiger partial charge is 0.490 e. The van der Waals surface area contributed by atoms with Crippen LogP contribution in [0.4, 0.5) is 18.9 Å². The van der Waals surface area contributed by atoms with Gasteiger partial charge in [-0.25, -0.2) is 9.78 Å². The normalized spacial score (nSPS) is 10.6. The number of hydrogen-bond acceptors (Lipinski definition) is 6. The van der Waals surface area contributed by atoms with E-state index in [0.717, 1.165) is 11.3 Å². The second-order valence-electron chi connectivity index (χ2n) is 7.75. The SMILES string of the molecule is C#CCOc1ccc(/C=C/C(=O)Nc2ccccc2C(=O)NCc2cncn2C)cc1OC.O=C(O)C(F)(F)F. The maximum absolute atomic E-state index is 12.7. The Morgan fingerprint density at radius 1 is 1.18 bits per heavy atom. The second kappa shape index (κ2) is 14.6. The van der Waals surface area contributed by atoms with E-state index in [2.05, 4.69) is 21.5 Å². The molecule has 0 unspecified atom stereocenters. The number of rotatable bonds is 9. The minimum absolute atomic E-state index is 0.128. The molecular formula is C27H25F3N4O6. The number of para-hydroxylation sites is 1. The van der Waals surface area contributed by atoms with Crippen LogP contribution in [0.1, 0.15) is 21.6 Å². The van der Waals surface area contributed by atoms with Crippen molar-refractivity contribution in [1.82, 2.24) is 14.9 Å². The quantitative estimate of drug-likeness (QED) is 0.270. The van der Waals surface area contributed by atoms with E-state index >= 15 is 0 Å². The Hall–Kier alpha value is -5.25. The van der Waals surface area contributed by atoms with E-state index in [0.29, 0.717) is 29.3 Å². The number of carbonyl (C=O) groups excluding carboxylic acids is 2. The number of halogens is 3. The highest BCUT2D eigenvalue weighted by Gasteiger charge is 2.38. The highest BCUT2D eigenvalue weighted by Crippen LogP contribution is 2.28. The lowest BCUT2D eigenvalue weighted by Gasteiger charge is -2.11. The van der Waals surface area contributed by atoms with Crippen LogP contribution in [-0.2, 0) is 23.2 Å². The van der Waals surface area contributed by atoms with Gasteiger partial charge in [-0.05, 0) is 35.9 Å². The molecule has 3 N–H and O–H groups in total. The molecule has 0 aliphatic rings. The number of aryl methyl sites for hydroxylation is 1. The average Bonchev–Trinajstić information content (AvgIpc) is 3.34. The predicted octanol–water partition coefficient (Wildman–Crippen LogP) is 3.66. The molecule has 0 fully saturated rings. The van der Waals surface area contributed by atoms with Crippen molar-refractivity contribution in [2.75, 3.05) is 19.0 Å². The number of ether oxygens (including phenoxy) is 2. The third-order valence-electron chi connectivity index (χ3n) is 4.94. The zero-order valence-corrected chi connectivity index (χ0v) is 21.4. The number of amides is 2. The first kappa shape index (κ1) is 31.0. The molecule has 1 heterocycles. The summed E-state index contributed by atoms with van der Waals surface area (Å²) in [5.41, 5.74) is 2.36. The van der Waals surface area contributed by atoms with Crippen LogP contribution in [0.25, 0.3) is 6.08 Å². The van der Waals surface area contributed by atoms with E-state index in [-0.39, 0.29) is 18.4 Å². The zero-order chi connectivity index (χ0) is 29.7. The molecule has 10 nitrogen and oxygen atoms in total. The van der Waals surface area contributed by atoms with E-state index < -0.39 is 12.1 Å². The Balaban J connectivity index is 0.000000708. The Kier molecular flexibility index (Phi) is 11.3. The van der Waals surface area contributed by atoms with Gasteiger partial charge in [0.1, 0.15) is 6.61 Å². The van der Waals surface area contributed by atoms with Crippen molar-refractivity contribution < 1.29 is 42.1 Å². The zero-order valence-electron chi connectivity index (χ0n) is 21.4. The summed E-state index contributed by atoms with van der Waals surface area (Å²) in [4.78, 5) is 38.1. The average molecular weight is 559 g/mol. The fraction of sp³-hybridized carbons (Fsp3) is 0.185. The molecule has 0 bridgehead atoms. The van der Waals surface area contributed by atoms with Gasteiger partial charge in [0.15, 0.2) is 11.5 Å². The summed E-state index contributed by atoms with van der Waals surface area (Å²) in [6, 6.07) is 12.0. The monoisotopic (exact) mass is 558 g/mol. The van der Waals surface area contributed by atoms with Crippen molar-refractivity contribution in [2.24, 2.45) is 7.05 Å². The van der Waals surface area contributed by atoms with Crippen molar-refractivity contribution in [2.45, 2.75) is 12.7 Å². The van der Waals surface area contributed by atoms with Gasteiger partial charge in [0.2, 0.25) is 5.91 Å². The molecule has 0 aliphatic carbocycles. The summed E-state index contributed by atoms with van der Waals surface area (Å²) < 4.78 is 44.3. The number of benzene rings is 2. The molecule has 210 valence electrons. The van der Waals surface area contributed by atoms with Gasteiger partial charge in [0.25, 0.3) is 5.91 Å². The van der Waals surface area contributed by atoms with Gasteiger partial charge in [0.05, 0.1) is 36.9 Å². The third-order valence-corrected chi connectivity index (χ3v) is 4.94. The fourth-order valence-corrected chi connectivity index (χ4v) is 2.98. The predicted molar refractivity (Wildman–Crippen MR) is 139 cm³/mol. The van der Waals surface area contributed by atoms with E-state index in [1.807, 2.05) is 11.6 Å². The molecule has 1 aromatic heterocycles. The number of aromatic nitrogens is 2. The fourth-order valence-electron chi connectivity index (χ4n) is 2.98. The van der Waals surface area contributed by atoms with Crippen LogP contribution in [0.2, 0.25) is 0 Å². The molecule has 0 atom stereocenters. The van der Waals surface area contributed by atoms with Gasteiger partial charge in [-0.2, -0.15) is 13.2 Å². The number of aliphatic carboxylic acids is 1. The molecular weight excluding hydrogens is 533 g/mol. The number of terminal acetylenes is 1. The summed E-state index contributed by atoms with van der Waals surface area (Å²) in [5, 5.41) is 12.7. The van der Waals surface area contributed by atoms with Crippen LogP contribution in [0.15, 0.2) is 61.1 Å². The van der Waals surface area contributed by atoms with Crippen LogP contribution in [0.3, 0.4) is 0 Å². The molecule has 0 aliphatic heterocycles. The van der Waals surface area contributed by atoms with Crippen LogP contribution in [0.5, 0.6) is 11.5 Å². The first-order chi connectivity index (χ1) is 19.0. The molecule has 2 aromatic carbocycles. The van der Waals surface area contributed by atoms with Crippen molar-refractivity contribution in [3.05, 3.63) is 77.9 Å². The Bertz CT molecular complexity index is 1410. The molecule has 0 saturated carbocycles. The lowest BCUT2D eigenvalue weighted by atomic mass is 10.1. The largest absolute Gasteiger partial charge is 0.493 e. The summed E-state index contributed by atoms with van der Waals surface area (Å²) in [6.45, 7) is 0.448. The Labute approximate surface area is 227 Å². The van der Waals surface area contributed by atoms with Gasteiger partial charge < -0.3 is 29.8 Å². The summed E-state index contributed by atoms with van der Waals surface area (Å²) >= 11 is 0. The molecule has 0 saturated heterocycles.